The summed E-state index contributed by atoms with van der Waals surface area (Å²) in [4.78, 5) is 20.1. The third-order valence-corrected chi connectivity index (χ3v) is 5.63. The van der Waals surface area contributed by atoms with E-state index in [1.807, 2.05) is 35.4 Å². The van der Waals surface area contributed by atoms with Crippen LogP contribution < -0.4 is 4.74 Å². The molecule has 1 aromatic heterocycles. The van der Waals surface area contributed by atoms with E-state index in [1.54, 1.807) is 18.9 Å². The molecule has 0 N–H and O–H groups in total. The zero-order valence-electron chi connectivity index (χ0n) is 15.8. The van der Waals surface area contributed by atoms with Gasteiger partial charge in [-0.3, -0.25) is 4.79 Å². The molecule has 1 aliphatic heterocycles. The highest BCUT2D eigenvalue weighted by Crippen LogP contribution is 2.32. The zero-order chi connectivity index (χ0) is 19.5. The van der Waals surface area contributed by atoms with Crippen LogP contribution in [0.2, 0.25) is 0 Å². The second-order valence-electron chi connectivity index (χ2n) is 6.68. The van der Waals surface area contributed by atoms with E-state index in [1.165, 1.54) is 4.90 Å². The van der Waals surface area contributed by atoms with Gasteiger partial charge in [0.1, 0.15) is 5.75 Å². The summed E-state index contributed by atoms with van der Waals surface area (Å²) in [6.45, 7) is 1.17. The summed E-state index contributed by atoms with van der Waals surface area (Å²) in [6.07, 6.45) is 2.43. The summed E-state index contributed by atoms with van der Waals surface area (Å²) in [5.41, 5.74) is 1.89. The van der Waals surface area contributed by atoms with Gasteiger partial charge in [-0.2, -0.15) is 4.98 Å². The number of para-hydroxylation sites is 1. The van der Waals surface area contributed by atoms with E-state index in [0.29, 0.717) is 37.0 Å². The molecule has 28 heavy (non-hydrogen) atoms. The number of benzene rings is 2. The van der Waals surface area contributed by atoms with Crippen molar-refractivity contribution < 1.29 is 14.1 Å². The molecule has 1 unspecified atom stereocenters. The van der Waals surface area contributed by atoms with Crippen molar-refractivity contribution in [3.63, 3.8) is 0 Å². The molecular formula is C21H21N3O3S. The number of amides is 1. The SMILES string of the molecule is COc1ccccc1-c1noc(C2CC(=O)N(Cc3ccc(SC)cc3)C2)n1. The number of methoxy groups -OCH3 is 1. The Morgan fingerprint density at radius 1 is 1.21 bits per heavy atom. The highest BCUT2D eigenvalue weighted by atomic mass is 32.2. The van der Waals surface area contributed by atoms with Gasteiger partial charge in [0.05, 0.1) is 18.6 Å². The van der Waals surface area contributed by atoms with Gasteiger partial charge in [0.25, 0.3) is 0 Å². The molecule has 7 heteroatoms. The van der Waals surface area contributed by atoms with Crippen LogP contribution in [0.3, 0.4) is 0 Å². The number of hydrogen-bond donors (Lipinski definition) is 0. The van der Waals surface area contributed by atoms with Crippen molar-refractivity contribution in [1.82, 2.24) is 15.0 Å². The van der Waals surface area contributed by atoms with Crippen LogP contribution in [0.1, 0.15) is 23.8 Å². The van der Waals surface area contributed by atoms with Gasteiger partial charge in [-0.1, -0.05) is 29.4 Å². The number of aromatic nitrogens is 2. The fourth-order valence-corrected chi connectivity index (χ4v) is 3.79. The first kappa shape index (κ1) is 18.6. The quantitative estimate of drug-likeness (QED) is 0.588. The summed E-state index contributed by atoms with van der Waals surface area (Å²) < 4.78 is 10.8. The van der Waals surface area contributed by atoms with Crippen molar-refractivity contribution >= 4 is 17.7 Å². The van der Waals surface area contributed by atoms with Crippen LogP contribution in [0.15, 0.2) is 57.9 Å². The number of likely N-dealkylation sites (tertiary alicyclic amines) is 1. The maximum Gasteiger partial charge on any atom is 0.232 e. The summed E-state index contributed by atoms with van der Waals surface area (Å²) in [6, 6.07) is 15.8. The van der Waals surface area contributed by atoms with E-state index in [0.717, 1.165) is 11.1 Å². The first-order valence-corrected chi connectivity index (χ1v) is 10.3. The largest absolute Gasteiger partial charge is 0.496 e. The summed E-state index contributed by atoms with van der Waals surface area (Å²) in [5, 5.41) is 4.09. The van der Waals surface area contributed by atoms with Crippen LogP contribution in [0.25, 0.3) is 11.4 Å². The lowest BCUT2D eigenvalue weighted by Crippen LogP contribution is -2.24. The Labute approximate surface area is 167 Å². The van der Waals surface area contributed by atoms with E-state index in [4.69, 9.17) is 9.26 Å². The first-order valence-electron chi connectivity index (χ1n) is 9.05. The molecular weight excluding hydrogens is 374 g/mol. The molecule has 0 spiro atoms. The number of nitrogens with zero attached hydrogens (tertiary/aromatic N) is 3. The van der Waals surface area contributed by atoms with E-state index < -0.39 is 0 Å². The smallest absolute Gasteiger partial charge is 0.232 e. The minimum atomic E-state index is -0.0890. The molecule has 1 aliphatic rings. The van der Waals surface area contributed by atoms with Crippen molar-refractivity contribution in [2.24, 2.45) is 0 Å². The molecule has 3 aromatic rings. The Kier molecular flexibility index (Phi) is 5.34. The van der Waals surface area contributed by atoms with E-state index in [9.17, 15) is 4.79 Å². The maximum atomic E-state index is 12.5. The molecule has 0 radical (unpaired) electrons. The molecule has 0 saturated carbocycles. The monoisotopic (exact) mass is 395 g/mol. The molecule has 2 heterocycles. The minimum absolute atomic E-state index is 0.0890. The standard InChI is InChI=1S/C21H21N3O3S/c1-26-18-6-4-3-5-17(18)20-22-21(27-23-20)15-11-19(25)24(13-15)12-14-7-9-16(28-2)10-8-14/h3-10,15H,11-13H2,1-2H3. The normalized spacial score (nSPS) is 16.6. The molecule has 1 atom stereocenters. The summed E-state index contributed by atoms with van der Waals surface area (Å²) in [7, 11) is 1.61. The Morgan fingerprint density at radius 2 is 2.00 bits per heavy atom. The number of thioether (sulfide) groups is 1. The van der Waals surface area contributed by atoms with E-state index >= 15 is 0 Å². The number of rotatable bonds is 6. The fourth-order valence-electron chi connectivity index (χ4n) is 3.38. The topological polar surface area (TPSA) is 68.5 Å². The van der Waals surface area contributed by atoms with Gasteiger partial charge >= 0.3 is 0 Å². The lowest BCUT2D eigenvalue weighted by Gasteiger charge is -2.16. The molecule has 0 aliphatic carbocycles. The molecule has 1 fully saturated rings. The second kappa shape index (κ2) is 8.06. The van der Waals surface area contributed by atoms with Gasteiger partial charge in [-0.15, -0.1) is 11.8 Å². The van der Waals surface area contributed by atoms with Crippen LogP contribution in [0.4, 0.5) is 0 Å². The molecule has 2 aromatic carbocycles. The second-order valence-corrected chi connectivity index (χ2v) is 7.56. The van der Waals surface area contributed by atoms with Crippen molar-refractivity contribution in [2.45, 2.75) is 23.8 Å². The molecule has 1 saturated heterocycles. The Hall–Kier alpha value is -2.80. The van der Waals surface area contributed by atoms with Gasteiger partial charge in [0, 0.05) is 24.4 Å². The highest BCUT2D eigenvalue weighted by molar-refractivity contribution is 7.98. The predicted octanol–water partition coefficient (Wildman–Crippen LogP) is 3.98. The van der Waals surface area contributed by atoms with E-state index in [-0.39, 0.29) is 11.8 Å². The van der Waals surface area contributed by atoms with Gasteiger partial charge in [-0.25, -0.2) is 0 Å². The van der Waals surface area contributed by atoms with E-state index in [2.05, 4.69) is 34.4 Å². The van der Waals surface area contributed by atoms with Crippen LogP contribution in [0.5, 0.6) is 5.75 Å². The Balaban J connectivity index is 1.47. The summed E-state index contributed by atoms with van der Waals surface area (Å²) in [5.74, 6) is 1.68. The Bertz CT molecular complexity index is 971. The number of carbonyl (C=O) groups excluding carboxylic acids is 1. The third kappa shape index (κ3) is 3.75. The zero-order valence-corrected chi connectivity index (χ0v) is 16.6. The molecule has 4 rings (SSSR count). The van der Waals surface area contributed by atoms with Gasteiger partial charge in [-0.05, 0) is 36.1 Å². The van der Waals surface area contributed by atoms with Crippen molar-refractivity contribution in [1.29, 1.82) is 0 Å². The van der Waals surface area contributed by atoms with Crippen molar-refractivity contribution in [3.8, 4) is 17.1 Å². The molecule has 0 bridgehead atoms. The van der Waals surface area contributed by atoms with Gasteiger partial charge < -0.3 is 14.2 Å². The summed E-state index contributed by atoms with van der Waals surface area (Å²) >= 11 is 1.70. The molecule has 6 nitrogen and oxygen atoms in total. The average Bonchev–Trinajstić information content (AvgIpc) is 3.36. The number of hydrogen-bond acceptors (Lipinski definition) is 6. The van der Waals surface area contributed by atoms with Crippen molar-refractivity contribution in [2.75, 3.05) is 19.9 Å². The predicted molar refractivity (Wildman–Crippen MR) is 107 cm³/mol. The Morgan fingerprint density at radius 3 is 2.75 bits per heavy atom. The fraction of sp³-hybridized carbons (Fsp3) is 0.286. The van der Waals surface area contributed by atoms with Crippen LogP contribution in [0, 0.1) is 0 Å². The van der Waals surface area contributed by atoms with Crippen LogP contribution >= 0.6 is 11.8 Å². The molecule has 1 amide bonds. The number of carbonyl (C=O) groups is 1. The van der Waals surface area contributed by atoms with Gasteiger partial charge in [0.15, 0.2) is 0 Å². The third-order valence-electron chi connectivity index (χ3n) is 4.89. The lowest BCUT2D eigenvalue weighted by atomic mass is 10.1. The first-order chi connectivity index (χ1) is 13.7. The van der Waals surface area contributed by atoms with Crippen molar-refractivity contribution in [3.05, 3.63) is 60.0 Å². The number of ether oxygens (including phenoxy) is 1. The highest BCUT2D eigenvalue weighted by Gasteiger charge is 2.34. The van der Waals surface area contributed by atoms with Gasteiger partial charge in [0.2, 0.25) is 17.6 Å². The molecule has 144 valence electrons. The van der Waals surface area contributed by atoms with Crippen LogP contribution in [-0.2, 0) is 11.3 Å². The average molecular weight is 395 g/mol. The minimum Gasteiger partial charge on any atom is -0.496 e. The van der Waals surface area contributed by atoms with Crippen LogP contribution in [-0.4, -0.2) is 40.9 Å². The maximum absolute atomic E-state index is 12.5. The lowest BCUT2D eigenvalue weighted by molar-refractivity contribution is -0.128.